The third-order valence-corrected chi connectivity index (χ3v) is 2.60. The van der Waals surface area contributed by atoms with E-state index in [0.29, 0.717) is 12.2 Å². The van der Waals surface area contributed by atoms with Gasteiger partial charge in [-0.3, -0.25) is 4.79 Å². The molecule has 2 rings (SSSR count). The van der Waals surface area contributed by atoms with Crippen molar-refractivity contribution < 1.29 is 4.79 Å². The van der Waals surface area contributed by atoms with E-state index in [-0.39, 0.29) is 0 Å². The van der Waals surface area contributed by atoms with Crippen LogP contribution >= 0.6 is 0 Å². The highest BCUT2D eigenvalue weighted by Gasteiger charge is 2.05. The van der Waals surface area contributed by atoms with Gasteiger partial charge in [-0.15, -0.1) is 0 Å². The van der Waals surface area contributed by atoms with Crippen molar-refractivity contribution in [2.45, 2.75) is 13.8 Å². The second-order valence-electron chi connectivity index (χ2n) is 3.99. The van der Waals surface area contributed by atoms with Crippen LogP contribution in [-0.2, 0) is 4.79 Å². The molecule has 0 radical (unpaired) electrons. The molecule has 86 valence electrons. The molecule has 17 heavy (non-hydrogen) atoms. The summed E-state index contributed by atoms with van der Waals surface area (Å²) in [4.78, 5) is 14.8. The molecule has 1 aromatic carbocycles. The lowest BCUT2D eigenvalue weighted by atomic mass is 10.0. The molecule has 0 aliphatic carbocycles. The second-order valence-corrected chi connectivity index (χ2v) is 3.99. The monoisotopic (exact) mass is 226 g/mol. The Kier molecular flexibility index (Phi) is 3.19. The van der Waals surface area contributed by atoms with Crippen LogP contribution in [0.25, 0.3) is 11.3 Å². The van der Waals surface area contributed by atoms with Crippen LogP contribution in [-0.4, -0.2) is 11.4 Å². The zero-order valence-corrected chi connectivity index (χ0v) is 9.90. The summed E-state index contributed by atoms with van der Waals surface area (Å²) in [5.41, 5.74) is 4.25. The Morgan fingerprint density at radius 1 is 1.18 bits per heavy atom. The van der Waals surface area contributed by atoms with Crippen molar-refractivity contribution in [2.75, 3.05) is 5.32 Å². The molecule has 0 unspecified atom stereocenters. The fourth-order valence-corrected chi connectivity index (χ4v) is 1.75. The van der Waals surface area contributed by atoms with E-state index in [1.54, 1.807) is 6.07 Å². The molecule has 1 heterocycles. The van der Waals surface area contributed by atoms with Gasteiger partial charge >= 0.3 is 0 Å². The maximum atomic E-state index is 10.4. The summed E-state index contributed by atoms with van der Waals surface area (Å²) in [7, 11) is 0. The van der Waals surface area contributed by atoms with Crippen LogP contribution in [0.3, 0.4) is 0 Å². The van der Waals surface area contributed by atoms with Crippen molar-refractivity contribution in [3.63, 3.8) is 0 Å². The molecule has 0 bridgehead atoms. The Morgan fingerprint density at radius 3 is 2.71 bits per heavy atom. The number of nitrogens with one attached hydrogen (secondary N) is 1. The van der Waals surface area contributed by atoms with Gasteiger partial charge in [-0.2, -0.15) is 0 Å². The largest absolute Gasteiger partial charge is 0.313 e. The van der Waals surface area contributed by atoms with Gasteiger partial charge in [0.1, 0.15) is 5.82 Å². The van der Waals surface area contributed by atoms with Gasteiger partial charge in [-0.25, -0.2) is 4.98 Å². The number of nitrogens with zero attached hydrogens (tertiary/aromatic N) is 1. The van der Waals surface area contributed by atoms with Gasteiger partial charge in [-0.05, 0) is 31.5 Å². The lowest BCUT2D eigenvalue weighted by molar-refractivity contribution is -0.105. The average molecular weight is 226 g/mol. The number of benzene rings is 1. The molecule has 2 aromatic rings. The predicted molar refractivity (Wildman–Crippen MR) is 68.8 cm³/mol. The number of aromatic nitrogens is 1. The molecule has 0 aliphatic heterocycles. The zero-order chi connectivity index (χ0) is 12.3. The molecule has 1 amide bonds. The van der Waals surface area contributed by atoms with Crippen LogP contribution in [0, 0.1) is 13.8 Å². The summed E-state index contributed by atoms with van der Waals surface area (Å²) >= 11 is 0. The minimum atomic E-state index is 0.571. The number of rotatable bonds is 3. The van der Waals surface area contributed by atoms with E-state index in [4.69, 9.17) is 0 Å². The van der Waals surface area contributed by atoms with E-state index in [0.717, 1.165) is 16.8 Å². The summed E-state index contributed by atoms with van der Waals surface area (Å²) in [6.45, 7) is 4.06. The Hall–Kier alpha value is -2.16. The van der Waals surface area contributed by atoms with E-state index in [9.17, 15) is 4.79 Å². The summed E-state index contributed by atoms with van der Waals surface area (Å²) in [6.07, 6.45) is 0.637. The molecule has 0 saturated heterocycles. The Morgan fingerprint density at radius 2 is 2.00 bits per heavy atom. The molecule has 0 saturated carbocycles. The van der Waals surface area contributed by atoms with Gasteiger partial charge in [-0.1, -0.05) is 29.8 Å². The molecule has 1 N–H and O–H groups in total. The fourth-order valence-electron chi connectivity index (χ4n) is 1.75. The van der Waals surface area contributed by atoms with Crippen LogP contribution < -0.4 is 5.32 Å². The quantitative estimate of drug-likeness (QED) is 0.817. The van der Waals surface area contributed by atoms with Crippen molar-refractivity contribution in [2.24, 2.45) is 0 Å². The first-order valence-electron chi connectivity index (χ1n) is 5.45. The number of hydrogen-bond acceptors (Lipinski definition) is 2. The molecule has 0 aliphatic rings. The van der Waals surface area contributed by atoms with Crippen LogP contribution in [0.5, 0.6) is 0 Å². The maximum Gasteiger partial charge on any atom is 0.212 e. The van der Waals surface area contributed by atoms with Crippen LogP contribution in [0.1, 0.15) is 11.1 Å². The molecular weight excluding hydrogens is 212 g/mol. The molecule has 1 aromatic heterocycles. The molecular formula is C14H14N2O. The van der Waals surface area contributed by atoms with Gasteiger partial charge in [0.2, 0.25) is 6.41 Å². The summed E-state index contributed by atoms with van der Waals surface area (Å²) in [6, 6.07) is 11.9. The summed E-state index contributed by atoms with van der Waals surface area (Å²) < 4.78 is 0. The van der Waals surface area contributed by atoms with Crippen molar-refractivity contribution in [1.82, 2.24) is 4.98 Å². The number of hydrogen-bond donors (Lipinski definition) is 1. The van der Waals surface area contributed by atoms with Gasteiger partial charge < -0.3 is 5.32 Å². The molecule has 3 heteroatoms. The zero-order valence-electron chi connectivity index (χ0n) is 9.90. The lowest BCUT2D eigenvalue weighted by Gasteiger charge is -2.08. The first-order valence-corrected chi connectivity index (χ1v) is 5.45. The summed E-state index contributed by atoms with van der Waals surface area (Å²) in [5, 5.41) is 2.57. The number of amides is 1. The van der Waals surface area contributed by atoms with E-state index in [1.807, 2.05) is 38.1 Å². The van der Waals surface area contributed by atoms with Crippen LogP contribution in [0.4, 0.5) is 5.82 Å². The van der Waals surface area contributed by atoms with Gasteiger partial charge in [0.05, 0.1) is 5.69 Å². The minimum absolute atomic E-state index is 0.571. The number of anilines is 1. The minimum Gasteiger partial charge on any atom is -0.313 e. The molecule has 3 nitrogen and oxygen atoms in total. The highest BCUT2D eigenvalue weighted by atomic mass is 16.1. The van der Waals surface area contributed by atoms with Gasteiger partial charge in [0.25, 0.3) is 0 Å². The predicted octanol–water partition coefficient (Wildman–Crippen LogP) is 2.93. The van der Waals surface area contributed by atoms with Gasteiger partial charge in [0.15, 0.2) is 0 Å². The third-order valence-electron chi connectivity index (χ3n) is 2.60. The maximum absolute atomic E-state index is 10.4. The van der Waals surface area contributed by atoms with Crippen molar-refractivity contribution in [3.05, 3.63) is 47.5 Å². The van der Waals surface area contributed by atoms with Gasteiger partial charge in [0, 0.05) is 5.56 Å². The Balaban J connectivity index is 2.50. The topological polar surface area (TPSA) is 42.0 Å². The molecule has 0 fully saturated rings. The van der Waals surface area contributed by atoms with Crippen LogP contribution in [0.15, 0.2) is 36.4 Å². The third kappa shape index (κ3) is 2.50. The Bertz CT molecular complexity index is 550. The second kappa shape index (κ2) is 4.78. The lowest BCUT2D eigenvalue weighted by Crippen LogP contribution is -1.99. The van der Waals surface area contributed by atoms with E-state index >= 15 is 0 Å². The van der Waals surface area contributed by atoms with E-state index < -0.39 is 0 Å². The fraction of sp³-hybridized carbons (Fsp3) is 0.143. The first-order chi connectivity index (χ1) is 8.20. The van der Waals surface area contributed by atoms with Crippen molar-refractivity contribution in [1.29, 1.82) is 0 Å². The van der Waals surface area contributed by atoms with Crippen molar-refractivity contribution in [3.8, 4) is 11.3 Å². The standard InChI is InChI=1S/C14H14N2O/c1-10-4-3-5-12(8-10)14-11(2)6-7-13(16-14)15-9-17/h3-9H,1-2H3,(H,15,16,17). The normalized spacial score (nSPS) is 10.0. The van der Waals surface area contributed by atoms with E-state index in [1.165, 1.54) is 5.56 Å². The SMILES string of the molecule is Cc1cccc(-c2nc(NC=O)ccc2C)c1. The van der Waals surface area contributed by atoms with E-state index in [2.05, 4.69) is 16.4 Å². The average Bonchev–Trinajstić information content (AvgIpc) is 2.32. The first kappa shape index (κ1) is 11.3. The summed E-state index contributed by atoms with van der Waals surface area (Å²) in [5.74, 6) is 0.571. The molecule has 0 atom stereocenters. The van der Waals surface area contributed by atoms with Crippen LogP contribution in [0.2, 0.25) is 0 Å². The highest BCUT2D eigenvalue weighted by molar-refractivity contribution is 5.72. The number of carbonyl (C=O) groups excluding carboxylic acids is 1. The number of carbonyl (C=O) groups is 1. The Labute approximate surface area is 101 Å². The number of aryl methyl sites for hydroxylation is 2. The number of pyridine rings is 1. The van der Waals surface area contributed by atoms with Crippen molar-refractivity contribution >= 4 is 12.2 Å². The highest BCUT2D eigenvalue weighted by Crippen LogP contribution is 2.23. The smallest absolute Gasteiger partial charge is 0.212 e. The molecule has 0 spiro atoms.